The second-order valence-electron chi connectivity index (χ2n) is 9.52. The first-order valence-electron chi connectivity index (χ1n) is 13.0. The number of fused-ring (bicyclic) bond motifs is 1. The molecule has 0 spiro atoms. The number of carboxylic acids is 1. The van der Waals surface area contributed by atoms with Gasteiger partial charge in [0, 0.05) is 34.1 Å². The number of halogens is 2. The zero-order valence-electron chi connectivity index (χ0n) is 22.9. The van der Waals surface area contributed by atoms with Crippen molar-refractivity contribution < 1.29 is 28.2 Å². The van der Waals surface area contributed by atoms with E-state index < -0.39 is 17.6 Å². The van der Waals surface area contributed by atoms with E-state index in [1.54, 1.807) is 91.9 Å². The molecular weight excluding hydrogens is 572 g/mol. The van der Waals surface area contributed by atoms with Crippen LogP contribution in [0.4, 0.5) is 25.8 Å². The molecule has 1 aromatic heterocycles. The Morgan fingerprint density at radius 3 is 1.77 bits per heavy atom. The third-order valence-corrected chi connectivity index (χ3v) is 7.62. The number of hydrogen-bond donors (Lipinski definition) is 1. The molecule has 1 heterocycles. The molecule has 7 nitrogen and oxygen atoms in total. The minimum Gasteiger partial charge on any atom is -0.497 e. The molecule has 43 heavy (non-hydrogen) atoms. The average Bonchev–Trinajstić information content (AvgIpc) is 3.53. The van der Waals surface area contributed by atoms with Crippen LogP contribution in [0.25, 0.3) is 33.3 Å². The van der Waals surface area contributed by atoms with E-state index in [1.165, 1.54) is 24.3 Å². The van der Waals surface area contributed by atoms with Crippen LogP contribution < -0.4 is 14.4 Å². The monoisotopic (exact) mass is 595 g/mol. The van der Waals surface area contributed by atoms with E-state index in [9.17, 15) is 9.90 Å². The first-order valence-corrected chi connectivity index (χ1v) is 13.8. The molecule has 0 fully saturated rings. The second-order valence-corrected chi connectivity index (χ2v) is 10.0. The number of aromatic nitrogens is 2. The number of benzene rings is 5. The molecule has 0 saturated carbocycles. The lowest BCUT2D eigenvalue weighted by molar-refractivity contribution is 0.0697. The highest BCUT2D eigenvalue weighted by Gasteiger charge is 2.22. The Balaban J connectivity index is 1.45. The summed E-state index contributed by atoms with van der Waals surface area (Å²) in [5, 5.41) is 9.22. The molecule has 6 aromatic rings. The Morgan fingerprint density at radius 1 is 0.698 bits per heavy atom. The summed E-state index contributed by atoms with van der Waals surface area (Å²) in [7, 11) is 3.11. The van der Waals surface area contributed by atoms with Crippen LogP contribution >= 0.6 is 11.7 Å². The number of carbonyl (C=O) groups is 1. The summed E-state index contributed by atoms with van der Waals surface area (Å²) in [5.74, 6) is -1.06. The fourth-order valence-corrected chi connectivity index (χ4v) is 5.49. The standard InChI is InChI=1S/C33H23F2N3O4S/c1-41-23-11-7-21(8-12-23)38(22-9-13-24(42-2)14-10-22)30-18-28(34)27(17-29(30)35)26-16-15-25(31-32(26)37-43-36-31)19-3-5-20(6-4-19)33(39)40/h3-18H,1-2H3,(H,39,40). The van der Waals surface area contributed by atoms with Gasteiger partial charge in [-0.15, -0.1) is 0 Å². The van der Waals surface area contributed by atoms with Crippen LogP contribution in [-0.4, -0.2) is 34.0 Å². The first kappa shape index (κ1) is 27.8. The van der Waals surface area contributed by atoms with E-state index >= 15 is 8.78 Å². The second kappa shape index (κ2) is 11.5. The lowest BCUT2D eigenvalue weighted by atomic mass is 9.96. The number of rotatable bonds is 8. The maximum absolute atomic E-state index is 16.1. The van der Waals surface area contributed by atoms with Gasteiger partial charge in [0.1, 0.15) is 34.2 Å². The van der Waals surface area contributed by atoms with Crippen molar-refractivity contribution in [1.29, 1.82) is 0 Å². The van der Waals surface area contributed by atoms with Crippen LogP contribution in [-0.2, 0) is 0 Å². The Kier molecular flexibility index (Phi) is 7.43. The number of nitrogens with zero attached hydrogens (tertiary/aromatic N) is 3. The molecule has 0 aliphatic carbocycles. The molecule has 6 rings (SSSR count). The number of aromatic carboxylic acids is 1. The summed E-state index contributed by atoms with van der Waals surface area (Å²) in [6, 6.07) is 26.2. The van der Waals surface area contributed by atoms with Crippen molar-refractivity contribution in [2.45, 2.75) is 0 Å². The summed E-state index contributed by atoms with van der Waals surface area (Å²) < 4.78 is 51.4. The Morgan fingerprint density at radius 2 is 1.23 bits per heavy atom. The van der Waals surface area contributed by atoms with Gasteiger partial charge in [-0.2, -0.15) is 8.75 Å². The van der Waals surface area contributed by atoms with Crippen LogP contribution in [0, 0.1) is 11.6 Å². The molecule has 0 aliphatic heterocycles. The Bertz CT molecular complexity index is 1900. The third kappa shape index (κ3) is 5.24. The summed E-state index contributed by atoms with van der Waals surface area (Å²) >= 11 is 0.958. The van der Waals surface area contributed by atoms with E-state index in [0.29, 0.717) is 45.0 Å². The molecule has 0 amide bonds. The first-order chi connectivity index (χ1) is 20.9. The molecule has 0 bridgehead atoms. The molecule has 0 aliphatic rings. The maximum Gasteiger partial charge on any atom is 0.335 e. The molecular formula is C33H23F2N3O4S. The van der Waals surface area contributed by atoms with Crippen LogP contribution in [0.2, 0.25) is 0 Å². The Hall–Kier alpha value is -5.35. The fraction of sp³-hybridized carbons (Fsp3) is 0.0606. The van der Waals surface area contributed by atoms with Crippen molar-refractivity contribution in [3.05, 3.63) is 114 Å². The molecule has 0 unspecified atom stereocenters. The van der Waals surface area contributed by atoms with Crippen molar-refractivity contribution >= 4 is 45.8 Å². The van der Waals surface area contributed by atoms with Gasteiger partial charge in [0.05, 0.1) is 37.2 Å². The SMILES string of the molecule is COc1ccc(N(c2ccc(OC)cc2)c2cc(F)c(-c3ccc(-c4ccc(C(=O)O)cc4)c4nsnc34)cc2F)cc1. The normalized spacial score (nSPS) is 11.0. The predicted molar refractivity (Wildman–Crippen MR) is 163 cm³/mol. The number of anilines is 3. The van der Waals surface area contributed by atoms with E-state index in [1.807, 2.05) is 0 Å². The molecule has 0 saturated heterocycles. The topological polar surface area (TPSA) is 84.8 Å². The Labute approximate surface area is 249 Å². The highest BCUT2D eigenvalue weighted by Crippen LogP contribution is 2.41. The van der Waals surface area contributed by atoms with Gasteiger partial charge in [0.2, 0.25) is 0 Å². The van der Waals surface area contributed by atoms with Crippen molar-refractivity contribution in [2.24, 2.45) is 0 Å². The van der Waals surface area contributed by atoms with E-state index in [2.05, 4.69) is 8.75 Å². The van der Waals surface area contributed by atoms with Crippen LogP contribution in [0.15, 0.2) is 97.1 Å². The zero-order valence-corrected chi connectivity index (χ0v) is 23.7. The molecule has 0 radical (unpaired) electrons. The summed E-state index contributed by atoms with van der Waals surface area (Å²) in [4.78, 5) is 12.9. The van der Waals surface area contributed by atoms with Gasteiger partial charge in [-0.3, -0.25) is 0 Å². The maximum atomic E-state index is 16.1. The lowest BCUT2D eigenvalue weighted by Crippen LogP contribution is -2.12. The lowest BCUT2D eigenvalue weighted by Gasteiger charge is -2.26. The molecule has 10 heteroatoms. The van der Waals surface area contributed by atoms with Crippen molar-refractivity contribution in [2.75, 3.05) is 19.1 Å². The van der Waals surface area contributed by atoms with Gasteiger partial charge in [0.15, 0.2) is 0 Å². The predicted octanol–water partition coefficient (Wildman–Crippen LogP) is 8.49. The highest BCUT2D eigenvalue weighted by molar-refractivity contribution is 7.00. The van der Waals surface area contributed by atoms with E-state index in [-0.39, 0.29) is 16.8 Å². The highest BCUT2D eigenvalue weighted by atomic mass is 32.1. The van der Waals surface area contributed by atoms with E-state index in [4.69, 9.17) is 9.47 Å². The number of carboxylic acid groups (broad SMARTS) is 1. The van der Waals surface area contributed by atoms with Gasteiger partial charge in [-0.05, 0) is 72.3 Å². The van der Waals surface area contributed by atoms with E-state index in [0.717, 1.165) is 17.3 Å². The van der Waals surface area contributed by atoms with Crippen LogP contribution in [0.5, 0.6) is 11.5 Å². The number of ether oxygens (including phenoxy) is 2. The van der Waals surface area contributed by atoms with Gasteiger partial charge in [0.25, 0.3) is 0 Å². The largest absolute Gasteiger partial charge is 0.497 e. The summed E-state index contributed by atoms with van der Waals surface area (Å²) in [6.07, 6.45) is 0. The third-order valence-electron chi connectivity index (χ3n) is 7.09. The molecule has 214 valence electrons. The smallest absolute Gasteiger partial charge is 0.335 e. The quantitative estimate of drug-likeness (QED) is 0.189. The zero-order chi connectivity index (χ0) is 30.1. The summed E-state index contributed by atoms with van der Waals surface area (Å²) in [6.45, 7) is 0. The molecule has 5 aromatic carbocycles. The molecule has 1 N–H and O–H groups in total. The van der Waals surface area contributed by atoms with Gasteiger partial charge in [-0.1, -0.05) is 24.3 Å². The number of methoxy groups -OCH3 is 2. The van der Waals surface area contributed by atoms with Crippen molar-refractivity contribution in [3.8, 4) is 33.8 Å². The van der Waals surface area contributed by atoms with Crippen molar-refractivity contribution in [3.63, 3.8) is 0 Å². The van der Waals surface area contributed by atoms with Crippen LogP contribution in [0.1, 0.15) is 10.4 Å². The van der Waals surface area contributed by atoms with Crippen molar-refractivity contribution in [1.82, 2.24) is 8.75 Å². The molecule has 0 atom stereocenters. The van der Waals surface area contributed by atoms with Gasteiger partial charge in [-0.25, -0.2) is 13.6 Å². The minimum absolute atomic E-state index is 0.0133. The fourth-order valence-electron chi connectivity index (χ4n) is 4.91. The van der Waals surface area contributed by atoms with Gasteiger partial charge >= 0.3 is 5.97 Å². The van der Waals surface area contributed by atoms with Gasteiger partial charge < -0.3 is 19.5 Å². The summed E-state index contributed by atoms with van der Waals surface area (Å²) in [5.41, 5.74) is 4.14. The van der Waals surface area contributed by atoms with Crippen LogP contribution in [0.3, 0.4) is 0 Å². The minimum atomic E-state index is -1.03. The number of hydrogen-bond acceptors (Lipinski definition) is 7. The average molecular weight is 596 g/mol.